The molecular formula is C30H34Cl2N4O. The standard InChI is InChI=1S/C30H34Cl2N4O/c1-35(30(37)20-7-3-2-4-8-20)18-22(21-11-12-25(31)26(32)17-21)13-15-36-16-14-28-24(19-36)29(33)23-9-5-6-10-27(23)34-28/h2-4,7-8,11-12,17,22H,5-6,9-10,13-16,18-19H2,1H3,(H2,33,34). The quantitative estimate of drug-likeness (QED) is 0.393. The monoisotopic (exact) mass is 536 g/mol. The third kappa shape index (κ3) is 5.79. The van der Waals surface area contributed by atoms with Crippen LogP contribution in [0.2, 0.25) is 10.0 Å². The lowest BCUT2D eigenvalue weighted by molar-refractivity contribution is 0.0782. The van der Waals surface area contributed by atoms with Crippen molar-refractivity contribution in [1.82, 2.24) is 14.8 Å². The normalized spacial score (nSPS) is 16.1. The van der Waals surface area contributed by atoms with Crippen molar-refractivity contribution >= 4 is 34.8 Å². The molecule has 1 aliphatic carbocycles. The van der Waals surface area contributed by atoms with Crippen molar-refractivity contribution in [2.75, 3.05) is 32.4 Å². The van der Waals surface area contributed by atoms with Crippen molar-refractivity contribution in [3.05, 3.63) is 92.2 Å². The average Bonchev–Trinajstić information content (AvgIpc) is 2.93. The Balaban J connectivity index is 1.32. The molecule has 194 valence electrons. The number of benzene rings is 2. The molecule has 0 bridgehead atoms. The number of aryl methyl sites for hydroxylation is 1. The minimum absolute atomic E-state index is 0.0150. The van der Waals surface area contributed by atoms with Crippen LogP contribution in [0.5, 0.6) is 0 Å². The van der Waals surface area contributed by atoms with Gasteiger partial charge in [-0.15, -0.1) is 0 Å². The van der Waals surface area contributed by atoms with Crippen LogP contribution in [0.3, 0.4) is 0 Å². The summed E-state index contributed by atoms with van der Waals surface area (Å²) in [6.07, 6.45) is 6.32. The van der Waals surface area contributed by atoms with E-state index in [2.05, 4.69) is 4.90 Å². The van der Waals surface area contributed by atoms with Gasteiger partial charge in [0.1, 0.15) is 0 Å². The van der Waals surface area contributed by atoms with Gasteiger partial charge in [0.05, 0.1) is 10.0 Å². The number of fused-ring (bicyclic) bond motifs is 2. The summed E-state index contributed by atoms with van der Waals surface area (Å²) in [6, 6.07) is 15.2. The fraction of sp³-hybridized carbons (Fsp3) is 0.400. The summed E-state index contributed by atoms with van der Waals surface area (Å²) in [6.45, 7) is 3.28. The van der Waals surface area contributed by atoms with Gasteiger partial charge in [0, 0.05) is 67.2 Å². The summed E-state index contributed by atoms with van der Waals surface area (Å²) in [5, 5.41) is 1.08. The van der Waals surface area contributed by atoms with E-state index in [9.17, 15) is 4.79 Å². The van der Waals surface area contributed by atoms with Crippen LogP contribution in [-0.2, 0) is 25.8 Å². The Morgan fingerprint density at radius 1 is 1.03 bits per heavy atom. The maximum Gasteiger partial charge on any atom is 0.253 e. The SMILES string of the molecule is CN(CC(CCN1CCc2nc3c(c(N)c2C1)CCCC3)c1ccc(Cl)c(Cl)c1)C(=O)c1ccccc1. The average molecular weight is 538 g/mol. The minimum atomic E-state index is 0.0150. The molecule has 0 saturated carbocycles. The van der Waals surface area contributed by atoms with Crippen LogP contribution in [0, 0.1) is 0 Å². The lowest BCUT2D eigenvalue weighted by atomic mass is 9.90. The number of pyridine rings is 1. The lowest BCUT2D eigenvalue weighted by Crippen LogP contribution is -2.36. The number of amides is 1. The number of nitrogen functional groups attached to an aromatic ring is 1. The molecule has 5 nitrogen and oxygen atoms in total. The number of carbonyl (C=O) groups is 1. The van der Waals surface area contributed by atoms with E-state index >= 15 is 0 Å². The number of halogens is 2. The Labute approximate surface area is 229 Å². The van der Waals surface area contributed by atoms with Gasteiger partial charge < -0.3 is 10.6 Å². The summed E-state index contributed by atoms with van der Waals surface area (Å²) in [5.41, 5.74) is 14.3. The Kier molecular flexibility index (Phi) is 8.04. The van der Waals surface area contributed by atoms with Crippen LogP contribution in [-0.4, -0.2) is 47.4 Å². The summed E-state index contributed by atoms with van der Waals surface area (Å²) in [4.78, 5) is 22.4. The molecule has 0 saturated heterocycles. The number of anilines is 1. The van der Waals surface area contributed by atoms with Gasteiger partial charge in [0.25, 0.3) is 5.91 Å². The van der Waals surface area contributed by atoms with Gasteiger partial charge in [0.2, 0.25) is 0 Å². The fourth-order valence-corrected chi connectivity index (χ4v) is 6.00. The maximum atomic E-state index is 13.1. The summed E-state index contributed by atoms with van der Waals surface area (Å²) in [7, 11) is 1.87. The Morgan fingerprint density at radius 3 is 2.57 bits per heavy atom. The van der Waals surface area contributed by atoms with Crippen molar-refractivity contribution < 1.29 is 4.79 Å². The first-order chi connectivity index (χ1) is 17.9. The third-order valence-electron chi connectivity index (χ3n) is 7.82. The van der Waals surface area contributed by atoms with Gasteiger partial charge in [-0.05, 0) is 74.0 Å². The maximum absolute atomic E-state index is 13.1. The summed E-state index contributed by atoms with van der Waals surface area (Å²) >= 11 is 12.6. The van der Waals surface area contributed by atoms with E-state index in [4.69, 9.17) is 33.9 Å². The predicted molar refractivity (Wildman–Crippen MR) is 151 cm³/mol. The van der Waals surface area contributed by atoms with Crippen LogP contribution < -0.4 is 5.73 Å². The number of rotatable bonds is 7. The van der Waals surface area contributed by atoms with Crippen molar-refractivity contribution in [3.63, 3.8) is 0 Å². The van der Waals surface area contributed by atoms with E-state index in [-0.39, 0.29) is 11.8 Å². The number of nitrogens with zero attached hydrogens (tertiary/aromatic N) is 3. The van der Waals surface area contributed by atoms with Gasteiger partial charge in [-0.1, -0.05) is 47.5 Å². The molecular weight excluding hydrogens is 503 g/mol. The second-order valence-electron chi connectivity index (χ2n) is 10.3. The number of nitrogens with two attached hydrogens (primary N) is 1. The van der Waals surface area contributed by atoms with Crippen molar-refractivity contribution in [1.29, 1.82) is 0 Å². The molecule has 1 aliphatic heterocycles. The molecule has 1 atom stereocenters. The highest BCUT2D eigenvalue weighted by Crippen LogP contribution is 2.33. The molecule has 3 aromatic rings. The lowest BCUT2D eigenvalue weighted by Gasteiger charge is -2.33. The zero-order valence-electron chi connectivity index (χ0n) is 21.4. The van der Waals surface area contributed by atoms with Crippen molar-refractivity contribution in [3.8, 4) is 0 Å². The van der Waals surface area contributed by atoms with E-state index in [0.717, 1.165) is 56.6 Å². The molecule has 2 aromatic carbocycles. The Bertz CT molecular complexity index is 1280. The molecule has 2 N–H and O–H groups in total. The van der Waals surface area contributed by atoms with Crippen LogP contribution >= 0.6 is 23.2 Å². The van der Waals surface area contributed by atoms with E-state index < -0.39 is 0 Å². The van der Waals surface area contributed by atoms with Gasteiger partial charge in [-0.2, -0.15) is 0 Å². The van der Waals surface area contributed by atoms with E-state index in [1.54, 1.807) is 0 Å². The number of likely N-dealkylation sites (N-methyl/N-ethyl adjacent to an activating group) is 1. The van der Waals surface area contributed by atoms with Crippen molar-refractivity contribution in [2.24, 2.45) is 0 Å². The zero-order valence-corrected chi connectivity index (χ0v) is 22.9. The molecule has 1 amide bonds. The molecule has 2 heterocycles. The van der Waals surface area contributed by atoms with Crippen LogP contribution in [0.25, 0.3) is 0 Å². The van der Waals surface area contributed by atoms with Gasteiger partial charge in [0.15, 0.2) is 0 Å². The van der Waals surface area contributed by atoms with E-state index in [0.29, 0.717) is 22.2 Å². The van der Waals surface area contributed by atoms with E-state index in [1.165, 1.54) is 35.4 Å². The van der Waals surface area contributed by atoms with Gasteiger partial charge in [-0.3, -0.25) is 14.7 Å². The number of hydrogen-bond acceptors (Lipinski definition) is 4. The molecule has 2 aliphatic rings. The molecule has 1 aromatic heterocycles. The van der Waals surface area contributed by atoms with Gasteiger partial charge in [-0.25, -0.2) is 0 Å². The van der Waals surface area contributed by atoms with Crippen LogP contribution in [0.4, 0.5) is 5.69 Å². The Hall–Kier alpha value is -2.60. The zero-order chi connectivity index (χ0) is 25.9. The first kappa shape index (κ1) is 26.0. The number of carbonyl (C=O) groups excluding carboxylic acids is 1. The van der Waals surface area contributed by atoms with Gasteiger partial charge >= 0.3 is 0 Å². The van der Waals surface area contributed by atoms with Crippen molar-refractivity contribution in [2.45, 2.75) is 51.0 Å². The van der Waals surface area contributed by atoms with E-state index in [1.807, 2.05) is 60.5 Å². The highest BCUT2D eigenvalue weighted by Gasteiger charge is 2.26. The first-order valence-electron chi connectivity index (χ1n) is 13.2. The first-order valence-corrected chi connectivity index (χ1v) is 13.9. The molecule has 0 fully saturated rings. The molecule has 0 spiro atoms. The smallest absolute Gasteiger partial charge is 0.253 e. The fourth-order valence-electron chi connectivity index (χ4n) is 5.69. The van der Waals surface area contributed by atoms with Crippen LogP contribution in [0.15, 0.2) is 48.5 Å². The molecule has 0 radical (unpaired) electrons. The van der Waals surface area contributed by atoms with Crippen LogP contribution in [0.1, 0.15) is 63.6 Å². The summed E-state index contributed by atoms with van der Waals surface area (Å²) in [5.74, 6) is 0.133. The number of hydrogen-bond donors (Lipinski definition) is 1. The second-order valence-corrected chi connectivity index (χ2v) is 11.1. The molecule has 1 unspecified atom stereocenters. The molecule has 37 heavy (non-hydrogen) atoms. The second kappa shape index (κ2) is 11.4. The highest BCUT2D eigenvalue weighted by molar-refractivity contribution is 6.42. The largest absolute Gasteiger partial charge is 0.398 e. The predicted octanol–water partition coefficient (Wildman–Crippen LogP) is 6.15. The summed E-state index contributed by atoms with van der Waals surface area (Å²) < 4.78 is 0. The third-order valence-corrected chi connectivity index (χ3v) is 8.56. The Morgan fingerprint density at radius 2 is 1.78 bits per heavy atom. The topological polar surface area (TPSA) is 62.5 Å². The molecule has 5 rings (SSSR count). The minimum Gasteiger partial charge on any atom is -0.398 e. The molecule has 7 heteroatoms. The number of aromatic nitrogens is 1. The highest BCUT2D eigenvalue weighted by atomic mass is 35.5.